The van der Waals surface area contributed by atoms with Crippen LogP contribution in [0.25, 0.3) is 0 Å². The molecule has 0 radical (unpaired) electrons. The second-order valence-electron chi connectivity index (χ2n) is 6.16. The monoisotopic (exact) mass is 418 g/mol. The van der Waals surface area contributed by atoms with E-state index in [9.17, 15) is 9.59 Å². The normalized spacial score (nSPS) is 9.80. The van der Waals surface area contributed by atoms with E-state index in [0.29, 0.717) is 13.0 Å². The van der Waals surface area contributed by atoms with E-state index in [0.717, 1.165) is 49.7 Å². The molecule has 0 spiro atoms. The molecule has 0 heterocycles. The minimum atomic E-state index is -0.435. The van der Waals surface area contributed by atoms with Gasteiger partial charge in [-0.3, -0.25) is 9.59 Å². The molecule has 0 aliphatic heterocycles. The molecule has 0 aromatic heterocycles. The Hall–Kier alpha value is -2.66. The van der Waals surface area contributed by atoms with Gasteiger partial charge in [-0.2, -0.15) is 0 Å². The molecule has 5 heteroatoms. The maximum atomic E-state index is 10.4. The van der Waals surface area contributed by atoms with Gasteiger partial charge in [-0.25, -0.2) is 0 Å². The Kier molecular flexibility index (Phi) is 28.1. The van der Waals surface area contributed by atoms with Crippen LogP contribution in [0.1, 0.15) is 58.8 Å². The summed E-state index contributed by atoms with van der Waals surface area (Å²) in [5, 5.41) is 0. The van der Waals surface area contributed by atoms with Crippen LogP contribution in [0.3, 0.4) is 0 Å². The van der Waals surface area contributed by atoms with E-state index < -0.39 is 5.91 Å². The molecule has 0 saturated carbocycles. The highest BCUT2D eigenvalue weighted by molar-refractivity contribution is 5.75. The maximum absolute atomic E-state index is 10.4. The predicted molar refractivity (Wildman–Crippen MR) is 130 cm³/mol. The van der Waals surface area contributed by atoms with E-state index in [4.69, 9.17) is 16.2 Å². The molecule has 0 fully saturated rings. The van der Waals surface area contributed by atoms with Crippen molar-refractivity contribution in [3.05, 3.63) is 73.9 Å². The quantitative estimate of drug-likeness (QED) is 0.262. The number of carbonyl (C=O) groups is 2. The van der Waals surface area contributed by atoms with Crippen LogP contribution in [0.4, 0.5) is 0 Å². The summed E-state index contributed by atoms with van der Waals surface area (Å²) < 4.78 is 4.99. The lowest BCUT2D eigenvalue weighted by atomic mass is 10.1. The van der Waals surface area contributed by atoms with Gasteiger partial charge in [-0.05, 0) is 32.1 Å². The van der Waals surface area contributed by atoms with Crippen LogP contribution in [0.2, 0.25) is 0 Å². The topological polar surface area (TPSA) is 95.4 Å². The second-order valence-corrected chi connectivity index (χ2v) is 6.16. The first-order chi connectivity index (χ1) is 14.3. The van der Waals surface area contributed by atoms with Gasteiger partial charge in [-0.1, -0.05) is 94.2 Å². The summed E-state index contributed by atoms with van der Waals surface area (Å²) in [5.41, 5.74) is 12.0. The largest absolute Gasteiger partial charge is 0.372 e. The van der Waals surface area contributed by atoms with Crippen molar-refractivity contribution in [2.45, 2.75) is 58.8 Å². The van der Waals surface area contributed by atoms with Crippen LogP contribution < -0.4 is 11.5 Å². The average molecular weight is 419 g/mol. The summed E-state index contributed by atoms with van der Waals surface area (Å²) in [6.45, 7) is 19.4. The number of carbonyl (C=O) groups excluding carboxylic acids is 2. The molecule has 5 nitrogen and oxygen atoms in total. The molecule has 0 aromatic carbocycles. The van der Waals surface area contributed by atoms with Gasteiger partial charge in [0.15, 0.2) is 0 Å². The highest BCUT2D eigenvalue weighted by atomic mass is 16.5. The summed E-state index contributed by atoms with van der Waals surface area (Å²) in [6.07, 6.45) is 17.2. The minimum Gasteiger partial charge on any atom is -0.372 e. The van der Waals surface area contributed by atoms with E-state index >= 15 is 0 Å². The smallest absolute Gasteiger partial charge is 0.243 e. The van der Waals surface area contributed by atoms with Crippen LogP contribution in [0, 0.1) is 0 Å². The van der Waals surface area contributed by atoms with Crippen molar-refractivity contribution in [1.82, 2.24) is 0 Å². The van der Waals surface area contributed by atoms with E-state index in [2.05, 4.69) is 26.3 Å². The lowest BCUT2D eigenvalue weighted by molar-refractivity contribution is -0.122. The lowest BCUT2D eigenvalue weighted by Gasteiger charge is -2.01. The zero-order valence-electron chi connectivity index (χ0n) is 19.0. The number of primary amides is 2. The van der Waals surface area contributed by atoms with Crippen molar-refractivity contribution in [3.8, 4) is 0 Å². The molecule has 0 unspecified atom stereocenters. The lowest BCUT2D eigenvalue weighted by Crippen LogP contribution is -2.18. The van der Waals surface area contributed by atoms with Crippen LogP contribution in [-0.4, -0.2) is 25.0 Å². The number of ether oxygens (including phenoxy) is 1. The molecule has 0 aliphatic carbocycles. The van der Waals surface area contributed by atoms with Crippen LogP contribution >= 0.6 is 0 Å². The molecule has 2 amide bonds. The third-order valence-corrected chi connectivity index (χ3v) is 3.39. The fraction of sp³-hybridized carbons (Fsp3) is 0.440. The van der Waals surface area contributed by atoms with E-state index in [-0.39, 0.29) is 12.5 Å². The Balaban J connectivity index is -0.000000448. The zero-order chi connectivity index (χ0) is 23.6. The molecule has 0 atom stereocenters. The highest BCUT2D eigenvalue weighted by Crippen LogP contribution is 2.09. The summed E-state index contributed by atoms with van der Waals surface area (Å²) in [5.74, 6) is -0.647. The zero-order valence-corrected chi connectivity index (χ0v) is 19.0. The molecular formula is C25H42N2O3. The van der Waals surface area contributed by atoms with Gasteiger partial charge < -0.3 is 16.2 Å². The Morgan fingerprint density at radius 2 is 1.23 bits per heavy atom. The van der Waals surface area contributed by atoms with Crippen molar-refractivity contribution in [1.29, 1.82) is 0 Å². The summed E-state index contributed by atoms with van der Waals surface area (Å²) in [7, 11) is 0. The molecule has 30 heavy (non-hydrogen) atoms. The van der Waals surface area contributed by atoms with Gasteiger partial charge in [0.2, 0.25) is 11.8 Å². The van der Waals surface area contributed by atoms with E-state index in [1.807, 2.05) is 38.2 Å². The Morgan fingerprint density at radius 1 is 0.767 bits per heavy atom. The fourth-order valence-electron chi connectivity index (χ4n) is 1.98. The van der Waals surface area contributed by atoms with Crippen LogP contribution in [0.15, 0.2) is 73.9 Å². The number of amides is 2. The second kappa shape index (κ2) is 26.3. The molecule has 0 aliphatic rings. The molecule has 0 rings (SSSR count). The molecule has 0 aromatic rings. The Bertz CT molecular complexity index is 511. The van der Waals surface area contributed by atoms with Crippen molar-refractivity contribution < 1.29 is 14.3 Å². The predicted octanol–water partition coefficient (Wildman–Crippen LogP) is 5.31. The van der Waals surface area contributed by atoms with E-state index in [1.165, 1.54) is 0 Å². The average Bonchev–Trinajstić information content (AvgIpc) is 2.71. The van der Waals surface area contributed by atoms with Crippen LogP contribution in [-0.2, 0) is 14.3 Å². The number of unbranched alkanes of at least 4 members (excludes halogenated alkanes) is 2. The molecule has 4 N–H and O–H groups in total. The molecule has 0 saturated heterocycles. The Morgan fingerprint density at radius 3 is 1.67 bits per heavy atom. The third-order valence-electron chi connectivity index (χ3n) is 3.39. The van der Waals surface area contributed by atoms with Gasteiger partial charge >= 0.3 is 0 Å². The SMILES string of the molecule is C=C/C=C\C(=C)CCCCCC(N)=O.C=C/C=C\C(=C)CCCOCC(N)=O.CC. The highest BCUT2D eigenvalue weighted by Gasteiger charge is 1.95. The van der Waals surface area contributed by atoms with E-state index in [1.54, 1.807) is 12.2 Å². The molecular weight excluding hydrogens is 376 g/mol. The summed E-state index contributed by atoms with van der Waals surface area (Å²) in [4.78, 5) is 20.7. The van der Waals surface area contributed by atoms with Gasteiger partial charge in [0.1, 0.15) is 6.61 Å². The number of rotatable bonds is 16. The summed E-state index contributed by atoms with van der Waals surface area (Å²) >= 11 is 0. The van der Waals surface area contributed by atoms with Crippen molar-refractivity contribution in [2.24, 2.45) is 11.5 Å². The van der Waals surface area contributed by atoms with Crippen molar-refractivity contribution >= 4 is 11.8 Å². The van der Waals surface area contributed by atoms with Crippen molar-refractivity contribution in [3.63, 3.8) is 0 Å². The number of hydrogen-bond acceptors (Lipinski definition) is 3. The van der Waals surface area contributed by atoms with Gasteiger partial charge in [0.05, 0.1) is 0 Å². The first kappa shape index (κ1) is 32.0. The first-order valence-corrected chi connectivity index (χ1v) is 10.4. The third kappa shape index (κ3) is 33.0. The first-order valence-electron chi connectivity index (χ1n) is 10.4. The number of allylic oxidation sites excluding steroid dienone is 8. The molecule has 0 bridgehead atoms. The molecule has 170 valence electrons. The van der Waals surface area contributed by atoms with Gasteiger partial charge in [0, 0.05) is 13.0 Å². The Labute approximate surface area is 183 Å². The number of hydrogen-bond donors (Lipinski definition) is 2. The minimum absolute atomic E-state index is 0.00499. The fourth-order valence-corrected chi connectivity index (χ4v) is 1.98. The maximum Gasteiger partial charge on any atom is 0.243 e. The standard InChI is InChI=1S/C12H19NO.C11H17NO2.C2H6/c1-3-4-8-11(2)9-6-5-7-10-12(13)14;1-3-4-6-10(2)7-5-8-14-9-11(12)13;1-2/h3-4,8H,1-2,5-7,9-10H2,(H2,13,14);3-4,6H,1-2,5,7-9H2,(H2,12,13);1-2H3/b8-4-;6-4-;. The number of nitrogens with two attached hydrogens (primary N) is 2. The van der Waals surface area contributed by atoms with Gasteiger partial charge in [0.25, 0.3) is 0 Å². The van der Waals surface area contributed by atoms with Crippen LogP contribution in [0.5, 0.6) is 0 Å². The van der Waals surface area contributed by atoms with Gasteiger partial charge in [-0.15, -0.1) is 0 Å². The van der Waals surface area contributed by atoms with Crippen molar-refractivity contribution in [2.75, 3.05) is 13.2 Å². The summed E-state index contributed by atoms with van der Waals surface area (Å²) in [6, 6.07) is 0.